The summed E-state index contributed by atoms with van der Waals surface area (Å²) in [5, 5.41) is 8.95. The predicted octanol–water partition coefficient (Wildman–Crippen LogP) is 2.22. The zero-order chi connectivity index (χ0) is 11.0. The lowest BCUT2D eigenvalue weighted by Crippen LogP contribution is -1.97. The van der Waals surface area contributed by atoms with Gasteiger partial charge in [-0.1, -0.05) is 0 Å². The van der Waals surface area contributed by atoms with E-state index in [-0.39, 0.29) is 5.69 Å². The number of carboxylic acids is 1. The van der Waals surface area contributed by atoms with Crippen LogP contribution in [0.5, 0.6) is 0 Å². The summed E-state index contributed by atoms with van der Waals surface area (Å²) >= 11 is 7.43. The minimum absolute atomic E-state index is 0.0616. The molecule has 0 unspecified atom stereocenters. The highest BCUT2D eigenvalue weighted by Gasteiger charge is 2.15. The number of carboxylic acid groups (broad SMARTS) is 1. The Morgan fingerprint density at radius 1 is 1.60 bits per heavy atom. The second-order valence-electron chi connectivity index (χ2n) is 2.94. The third-order valence-electron chi connectivity index (χ3n) is 2.02. The highest BCUT2D eigenvalue weighted by atomic mass is 79.9. The van der Waals surface area contributed by atoms with Gasteiger partial charge in [0.05, 0.1) is 5.52 Å². The molecule has 1 N–H and O–H groups in total. The normalized spacial score (nSPS) is 10.8. The van der Waals surface area contributed by atoms with Crippen LogP contribution in [-0.2, 0) is 5.75 Å². The number of hydrogen-bond donors (Lipinski definition) is 2. The zero-order valence-corrected chi connectivity index (χ0v) is 9.99. The van der Waals surface area contributed by atoms with Crippen molar-refractivity contribution in [1.82, 2.24) is 9.38 Å². The van der Waals surface area contributed by atoms with E-state index < -0.39 is 5.97 Å². The van der Waals surface area contributed by atoms with E-state index in [4.69, 9.17) is 5.11 Å². The Morgan fingerprint density at radius 2 is 2.33 bits per heavy atom. The summed E-state index contributed by atoms with van der Waals surface area (Å²) < 4.78 is 2.59. The molecule has 2 aromatic heterocycles. The average molecular weight is 287 g/mol. The molecule has 0 fully saturated rings. The number of pyridine rings is 1. The van der Waals surface area contributed by atoms with Gasteiger partial charge in [0, 0.05) is 16.4 Å². The van der Waals surface area contributed by atoms with E-state index in [1.54, 1.807) is 22.7 Å². The minimum atomic E-state index is -1.03. The summed E-state index contributed by atoms with van der Waals surface area (Å²) in [6, 6.07) is 3.50. The molecule has 78 valence electrons. The SMILES string of the molecule is O=C(O)c1nc(CS)n2cc(Br)ccc12. The van der Waals surface area contributed by atoms with Crippen LogP contribution in [0.1, 0.15) is 16.3 Å². The van der Waals surface area contributed by atoms with Gasteiger partial charge >= 0.3 is 5.97 Å². The molecule has 0 aromatic carbocycles. The summed E-state index contributed by atoms with van der Waals surface area (Å²) in [5.74, 6) is -0.0138. The van der Waals surface area contributed by atoms with Crippen molar-refractivity contribution >= 4 is 40.0 Å². The van der Waals surface area contributed by atoms with Crippen LogP contribution >= 0.6 is 28.6 Å². The lowest BCUT2D eigenvalue weighted by molar-refractivity contribution is 0.0693. The first-order valence-corrected chi connectivity index (χ1v) is 5.56. The number of aromatic carboxylic acids is 1. The van der Waals surface area contributed by atoms with Crippen LogP contribution in [-0.4, -0.2) is 20.5 Å². The Morgan fingerprint density at radius 3 is 2.93 bits per heavy atom. The van der Waals surface area contributed by atoms with Crippen LogP contribution < -0.4 is 0 Å². The van der Waals surface area contributed by atoms with Gasteiger partial charge in [0.15, 0.2) is 5.69 Å². The van der Waals surface area contributed by atoms with Gasteiger partial charge in [-0.3, -0.25) is 0 Å². The third kappa shape index (κ3) is 1.74. The number of carbonyl (C=O) groups is 1. The highest BCUT2D eigenvalue weighted by Crippen LogP contribution is 2.18. The van der Waals surface area contributed by atoms with Crippen LogP contribution in [0.2, 0.25) is 0 Å². The number of hydrogen-bond acceptors (Lipinski definition) is 3. The summed E-state index contributed by atoms with van der Waals surface area (Å²) in [6.07, 6.45) is 1.78. The molecule has 0 atom stereocenters. The largest absolute Gasteiger partial charge is 0.476 e. The number of aromatic nitrogens is 2. The van der Waals surface area contributed by atoms with Crippen LogP contribution in [0.3, 0.4) is 0 Å². The van der Waals surface area contributed by atoms with E-state index >= 15 is 0 Å². The van der Waals surface area contributed by atoms with Crippen molar-refractivity contribution in [1.29, 1.82) is 0 Å². The van der Waals surface area contributed by atoms with Crippen molar-refractivity contribution in [3.05, 3.63) is 34.3 Å². The van der Waals surface area contributed by atoms with Gasteiger partial charge in [0.25, 0.3) is 0 Å². The Bertz CT molecular complexity index is 538. The molecule has 0 amide bonds. The number of imidazole rings is 1. The van der Waals surface area contributed by atoms with Crippen LogP contribution in [0.15, 0.2) is 22.8 Å². The lowest BCUT2D eigenvalue weighted by atomic mass is 10.3. The van der Waals surface area contributed by atoms with Gasteiger partial charge < -0.3 is 9.51 Å². The van der Waals surface area contributed by atoms with E-state index in [0.29, 0.717) is 17.1 Å². The van der Waals surface area contributed by atoms with Crippen LogP contribution in [0.4, 0.5) is 0 Å². The monoisotopic (exact) mass is 286 g/mol. The molecular weight excluding hydrogens is 280 g/mol. The molecule has 15 heavy (non-hydrogen) atoms. The number of thiol groups is 1. The van der Waals surface area contributed by atoms with Gasteiger partial charge in [-0.2, -0.15) is 12.6 Å². The Hall–Kier alpha value is -1.01. The van der Waals surface area contributed by atoms with E-state index in [1.807, 2.05) is 0 Å². The molecule has 4 nitrogen and oxygen atoms in total. The first-order valence-electron chi connectivity index (χ1n) is 4.14. The van der Waals surface area contributed by atoms with Crippen molar-refractivity contribution in [3.63, 3.8) is 0 Å². The van der Waals surface area contributed by atoms with E-state index in [2.05, 4.69) is 33.5 Å². The lowest BCUT2D eigenvalue weighted by Gasteiger charge is -1.98. The second-order valence-corrected chi connectivity index (χ2v) is 4.17. The smallest absolute Gasteiger partial charge is 0.356 e. The fourth-order valence-corrected chi connectivity index (χ4v) is 1.95. The molecule has 2 aromatic rings. The maximum absolute atomic E-state index is 10.9. The predicted molar refractivity (Wildman–Crippen MR) is 62.5 cm³/mol. The van der Waals surface area contributed by atoms with Crippen molar-refractivity contribution < 1.29 is 9.90 Å². The van der Waals surface area contributed by atoms with Crippen molar-refractivity contribution in [2.24, 2.45) is 0 Å². The molecule has 0 bridgehead atoms. The van der Waals surface area contributed by atoms with Gasteiger partial charge in [0.2, 0.25) is 0 Å². The van der Waals surface area contributed by atoms with Crippen molar-refractivity contribution in [2.75, 3.05) is 0 Å². The van der Waals surface area contributed by atoms with Gasteiger partial charge in [0.1, 0.15) is 5.82 Å². The maximum Gasteiger partial charge on any atom is 0.356 e. The quantitative estimate of drug-likeness (QED) is 0.833. The molecule has 0 aliphatic carbocycles. The van der Waals surface area contributed by atoms with Crippen LogP contribution in [0, 0.1) is 0 Å². The van der Waals surface area contributed by atoms with Crippen molar-refractivity contribution in [3.8, 4) is 0 Å². The van der Waals surface area contributed by atoms with E-state index in [1.165, 1.54) is 0 Å². The average Bonchev–Trinajstić information content (AvgIpc) is 2.55. The molecule has 2 rings (SSSR count). The molecule has 0 aliphatic heterocycles. The molecule has 0 aliphatic rings. The van der Waals surface area contributed by atoms with E-state index in [0.717, 1.165) is 4.47 Å². The summed E-state index contributed by atoms with van der Waals surface area (Å²) in [7, 11) is 0. The topological polar surface area (TPSA) is 54.6 Å². The van der Waals surface area contributed by atoms with Crippen molar-refractivity contribution in [2.45, 2.75) is 5.75 Å². The molecule has 0 spiro atoms. The maximum atomic E-state index is 10.9. The fourth-order valence-electron chi connectivity index (χ4n) is 1.39. The summed E-state index contributed by atoms with van der Waals surface area (Å²) in [6.45, 7) is 0. The number of rotatable bonds is 2. The Labute approximate surface area is 99.5 Å². The zero-order valence-electron chi connectivity index (χ0n) is 7.51. The Balaban J connectivity index is 2.81. The summed E-state index contributed by atoms with van der Waals surface area (Å²) in [5.41, 5.74) is 0.640. The molecule has 0 radical (unpaired) electrons. The number of nitrogens with zero attached hydrogens (tertiary/aromatic N) is 2. The standard InChI is InChI=1S/C9H7BrN2O2S/c10-5-1-2-6-8(9(13)14)11-7(4-15)12(6)3-5/h1-3,15H,4H2,(H,13,14). The summed E-state index contributed by atoms with van der Waals surface area (Å²) in [4.78, 5) is 14.9. The Kier molecular flexibility index (Phi) is 2.70. The van der Waals surface area contributed by atoms with Gasteiger partial charge in [-0.25, -0.2) is 9.78 Å². The minimum Gasteiger partial charge on any atom is -0.476 e. The van der Waals surface area contributed by atoms with E-state index in [9.17, 15) is 4.79 Å². The van der Waals surface area contributed by atoms with Gasteiger partial charge in [-0.05, 0) is 28.1 Å². The number of fused-ring (bicyclic) bond motifs is 1. The first-order chi connectivity index (χ1) is 7.13. The molecule has 2 heterocycles. The third-order valence-corrected chi connectivity index (χ3v) is 2.77. The first kappa shape index (κ1) is 10.5. The molecule has 0 saturated carbocycles. The number of halogens is 1. The molecular formula is C9H7BrN2O2S. The second kappa shape index (κ2) is 3.86. The highest BCUT2D eigenvalue weighted by molar-refractivity contribution is 9.10. The molecule has 0 saturated heterocycles. The fraction of sp³-hybridized carbons (Fsp3) is 0.111. The molecule has 6 heteroatoms. The van der Waals surface area contributed by atoms with Gasteiger partial charge in [-0.15, -0.1) is 0 Å². The van der Waals surface area contributed by atoms with Crippen LogP contribution in [0.25, 0.3) is 5.52 Å².